The number of alkyl halides is 12. The van der Waals surface area contributed by atoms with E-state index in [1.54, 1.807) is 36.4 Å². The number of fused-ring (bicyclic) bond motifs is 2. The number of benzene rings is 4. The molecule has 10 nitrogen and oxygen atoms in total. The van der Waals surface area contributed by atoms with Crippen molar-refractivity contribution in [1.29, 1.82) is 0 Å². The smallest absolute Gasteiger partial charge is 0.416 e. The molecule has 2 atom stereocenters. The van der Waals surface area contributed by atoms with E-state index in [4.69, 9.17) is 14.6 Å². The average Bonchev–Trinajstić information content (AvgIpc) is 3.84. The van der Waals surface area contributed by atoms with Gasteiger partial charge in [0.15, 0.2) is 0 Å². The zero-order chi connectivity index (χ0) is 49.5. The Balaban J connectivity index is 0.000000251. The molecule has 0 radical (unpaired) electrons. The Kier molecular flexibility index (Phi) is 15.7. The molecule has 2 aliphatic carbocycles. The second-order valence-corrected chi connectivity index (χ2v) is 15.0. The van der Waals surface area contributed by atoms with Gasteiger partial charge < -0.3 is 30.5 Å². The van der Waals surface area contributed by atoms with Crippen LogP contribution in [0.2, 0.25) is 0 Å². The Labute approximate surface area is 372 Å². The summed E-state index contributed by atoms with van der Waals surface area (Å²) in [7, 11) is 1.51. The van der Waals surface area contributed by atoms with Gasteiger partial charge in [0.25, 0.3) is 0 Å². The van der Waals surface area contributed by atoms with E-state index in [0.29, 0.717) is 55.5 Å². The fourth-order valence-electron chi connectivity index (χ4n) is 7.08. The number of hydrogen-bond acceptors (Lipinski definition) is 6. The molecular formula is C45H37F12N3O7. The summed E-state index contributed by atoms with van der Waals surface area (Å²) in [6.45, 7) is -1.54. The first kappa shape index (κ1) is 51.0. The standard InChI is InChI=1S/C23H20F6N2O3.C22H17F6NO4/c1-30-20(32)7-3-13-2-5-18-15(8-13)4-6-19(18)31-21(33)34-12-14-9-16(22(24,25)26)11-17(10-14)23(27,28)29;23-21(24,25)15-8-13(9-16(10-15)22(26,27)28)11-33-20(32)29-18-5-3-14-7-12(1-4-17(14)18)2-6-19(30)31/h2-3,5,7-11,19H,4,6,12H2,1H3,(H,30,32)(H,31,33);1-2,4,6-10,18H,3,5,11H2,(H,29,32)(H,30,31)/b7-3+;6-2+. The molecule has 67 heavy (non-hydrogen) atoms. The van der Waals surface area contributed by atoms with Gasteiger partial charge in [0.2, 0.25) is 5.91 Å². The highest BCUT2D eigenvalue weighted by molar-refractivity contribution is 5.91. The number of amides is 3. The Morgan fingerprint density at radius 3 is 1.25 bits per heavy atom. The molecule has 0 heterocycles. The SMILES string of the molecule is CNC(=O)/C=C/c1ccc2c(c1)CCC2NC(=O)OCc1cc(C(F)(F)F)cc(C(F)(F)F)c1.O=C(O)/C=C/c1ccc2c(c1)CCC2NC(=O)OCc1cc(C(F)(F)F)cc(C(F)(F)F)c1. The van der Waals surface area contributed by atoms with Crippen LogP contribution < -0.4 is 16.0 Å². The lowest BCUT2D eigenvalue weighted by Crippen LogP contribution is -2.27. The number of carbonyl (C=O) groups is 4. The third-order valence-corrected chi connectivity index (χ3v) is 10.2. The number of carboxylic acid groups (broad SMARTS) is 1. The number of alkyl carbamates (subject to hydrolysis) is 2. The van der Waals surface area contributed by atoms with E-state index >= 15 is 0 Å². The van der Waals surface area contributed by atoms with Crippen molar-refractivity contribution >= 4 is 36.2 Å². The molecule has 0 saturated heterocycles. The molecule has 0 fully saturated rings. The predicted octanol–water partition coefficient (Wildman–Crippen LogP) is 11.1. The molecule has 22 heteroatoms. The van der Waals surface area contributed by atoms with Crippen molar-refractivity contribution in [2.75, 3.05) is 7.05 Å². The molecule has 358 valence electrons. The maximum absolute atomic E-state index is 13.0. The predicted molar refractivity (Wildman–Crippen MR) is 214 cm³/mol. The van der Waals surface area contributed by atoms with Gasteiger partial charge in [-0.2, -0.15) is 52.7 Å². The highest BCUT2D eigenvalue weighted by atomic mass is 19.4. The van der Waals surface area contributed by atoms with E-state index in [0.717, 1.165) is 33.9 Å². The second kappa shape index (κ2) is 20.7. The van der Waals surface area contributed by atoms with Crippen LogP contribution in [0.5, 0.6) is 0 Å². The van der Waals surface area contributed by atoms with Gasteiger partial charge in [0, 0.05) is 19.2 Å². The lowest BCUT2D eigenvalue weighted by Gasteiger charge is -2.16. The second-order valence-electron chi connectivity index (χ2n) is 15.0. The third kappa shape index (κ3) is 14.5. The van der Waals surface area contributed by atoms with E-state index in [9.17, 15) is 71.9 Å². The Hall–Kier alpha value is -7.00. The fourth-order valence-corrected chi connectivity index (χ4v) is 7.08. The minimum Gasteiger partial charge on any atom is -0.478 e. The molecule has 6 rings (SSSR count). The first-order valence-electron chi connectivity index (χ1n) is 19.7. The highest BCUT2D eigenvalue weighted by Crippen LogP contribution is 2.39. The monoisotopic (exact) mass is 959 g/mol. The van der Waals surface area contributed by atoms with Crippen molar-refractivity contribution in [2.24, 2.45) is 0 Å². The topological polar surface area (TPSA) is 143 Å². The quantitative estimate of drug-likeness (QED) is 0.0915. The number of ether oxygens (including phenoxy) is 2. The van der Waals surface area contributed by atoms with Crippen LogP contribution >= 0.6 is 0 Å². The Morgan fingerprint density at radius 2 is 0.925 bits per heavy atom. The van der Waals surface area contributed by atoms with Crippen LogP contribution in [0, 0.1) is 0 Å². The summed E-state index contributed by atoms with van der Waals surface area (Å²) in [5, 5.41) is 16.3. The number of aryl methyl sites for hydroxylation is 2. The van der Waals surface area contributed by atoms with Gasteiger partial charge in [-0.1, -0.05) is 36.4 Å². The van der Waals surface area contributed by atoms with Crippen molar-refractivity contribution in [1.82, 2.24) is 16.0 Å². The molecule has 4 aromatic carbocycles. The summed E-state index contributed by atoms with van der Waals surface area (Å²) in [4.78, 5) is 46.3. The van der Waals surface area contributed by atoms with Crippen LogP contribution in [-0.2, 0) is 69.8 Å². The molecule has 2 aliphatic rings. The fraction of sp³-hybridized carbons (Fsp3) is 0.289. The number of carbonyl (C=O) groups excluding carboxylic acids is 3. The Bertz CT molecular complexity index is 2480. The number of nitrogens with one attached hydrogen (secondary N) is 3. The van der Waals surface area contributed by atoms with E-state index in [1.807, 2.05) is 6.07 Å². The van der Waals surface area contributed by atoms with E-state index < -0.39 is 102 Å². The van der Waals surface area contributed by atoms with Crippen LogP contribution in [0.25, 0.3) is 12.2 Å². The third-order valence-electron chi connectivity index (χ3n) is 10.2. The first-order valence-corrected chi connectivity index (χ1v) is 19.7. The zero-order valence-electron chi connectivity index (χ0n) is 34.6. The van der Waals surface area contributed by atoms with Crippen LogP contribution in [0.15, 0.2) is 84.9 Å². The lowest BCUT2D eigenvalue weighted by atomic mass is 10.0. The van der Waals surface area contributed by atoms with E-state index in [1.165, 1.54) is 19.2 Å². The molecule has 0 bridgehead atoms. The number of halogens is 12. The molecule has 0 saturated carbocycles. The molecule has 2 unspecified atom stereocenters. The van der Waals surface area contributed by atoms with Crippen LogP contribution in [0.4, 0.5) is 62.3 Å². The van der Waals surface area contributed by atoms with Crippen LogP contribution in [0.1, 0.15) is 91.7 Å². The summed E-state index contributed by atoms with van der Waals surface area (Å²) in [6.07, 6.45) is -14.3. The van der Waals surface area contributed by atoms with Gasteiger partial charge in [-0.15, -0.1) is 0 Å². The number of aliphatic carboxylic acids is 1. The lowest BCUT2D eigenvalue weighted by molar-refractivity contribution is -0.144. The number of hydrogen-bond donors (Lipinski definition) is 4. The largest absolute Gasteiger partial charge is 0.478 e. The van der Waals surface area contributed by atoms with Gasteiger partial charge in [-0.05, 0) is 119 Å². The molecule has 4 aromatic rings. The van der Waals surface area contributed by atoms with Gasteiger partial charge in [0.1, 0.15) is 13.2 Å². The number of likely N-dealkylation sites (N-methyl/N-ethyl adjacent to an activating group) is 1. The highest BCUT2D eigenvalue weighted by Gasteiger charge is 2.38. The summed E-state index contributed by atoms with van der Waals surface area (Å²) >= 11 is 0. The Morgan fingerprint density at radius 1 is 0.567 bits per heavy atom. The summed E-state index contributed by atoms with van der Waals surface area (Å²) in [6, 6.07) is 11.7. The molecular weight excluding hydrogens is 922 g/mol. The van der Waals surface area contributed by atoms with Gasteiger partial charge in [-0.25, -0.2) is 14.4 Å². The minimum absolute atomic E-state index is 0.00105. The normalized spacial score (nSPS) is 15.9. The molecule has 0 spiro atoms. The molecule has 0 aliphatic heterocycles. The maximum atomic E-state index is 13.0. The van der Waals surface area contributed by atoms with Crippen molar-refractivity contribution in [3.63, 3.8) is 0 Å². The zero-order valence-corrected chi connectivity index (χ0v) is 34.6. The van der Waals surface area contributed by atoms with Gasteiger partial charge in [0.05, 0.1) is 34.3 Å². The summed E-state index contributed by atoms with van der Waals surface area (Å²) in [5.74, 6) is -1.35. The summed E-state index contributed by atoms with van der Waals surface area (Å²) in [5.41, 5.74) is -1.99. The maximum Gasteiger partial charge on any atom is 0.416 e. The van der Waals surface area contributed by atoms with Crippen molar-refractivity contribution in [3.05, 3.63) is 152 Å². The minimum atomic E-state index is -5.00. The van der Waals surface area contributed by atoms with Crippen molar-refractivity contribution in [2.45, 2.75) is 75.7 Å². The van der Waals surface area contributed by atoms with Crippen LogP contribution in [-0.4, -0.2) is 36.2 Å². The number of carboxylic acids is 1. The molecule has 4 N–H and O–H groups in total. The van der Waals surface area contributed by atoms with Crippen molar-refractivity contribution < 1.29 is 86.4 Å². The van der Waals surface area contributed by atoms with Gasteiger partial charge >= 0.3 is 42.9 Å². The average molecular weight is 960 g/mol. The first-order chi connectivity index (χ1) is 31.2. The summed E-state index contributed by atoms with van der Waals surface area (Å²) < 4.78 is 165. The van der Waals surface area contributed by atoms with Gasteiger partial charge in [-0.3, -0.25) is 4.79 Å². The van der Waals surface area contributed by atoms with Crippen LogP contribution in [0.3, 0.4) is 0 Å². The van der Waals surface area contributed by atoms with Crippen molar-refractivity contribution in [3.8, 4) is 0 Å². The van der Waals surface area contributed by atoms with E-state index in [2.05, 4.69) is 16.0 Å². The molecule has 3 amide bonds. The number of rotatable bonds is 10. The molecule has 0 aromatic heterocycles. The van der Waals surface area contributed by atoms with E-state index in [-0.39, 0.29) is 18.0 Å².